The summed E-state index contributed by atoms with van der Waals surface area (Å²) in [7, 11) is -4.26. The van der Waals surface area contributed by atoms with Crippen LogP contribution < -0.4 is 0 Å². The van der Waals surface area contributed by atoms with Gasteiger partial charge in [0.2, 0.25) is 10.0 Å². The van der Waals surface area contributed by atoms with Gasteiger partial charge in [-0.3, -0.25) is 0 Å². The topological polar surface area (TPSA) is 50.3 Å². The van der Waals surface area contributed by atoms with E-state index in [1.54, 1.807) is 0 Å². The van der Waals surface area contributed by atoms with Gasteiger partial charge in [0.25, 0.3) is 0 Å². The third-order valence-electron chi connectivity index (χ3n) is 4.85. The zero-order chi connectivity index (χ0) is 19.9. The number of nitrogens with zero attached hydrogens (tertiary/aromatic N) is 2. The zero-order valence-electron chi connectivity index (χ0n) is 14.7. The van der Waals surface area contributed by atoms with Crippen LogP contribution in [0.3, 0.4) is 0 Å². The van der Waals surface area contributed by atoms with Gasteiger partial charge in [0, 0.05) is 19.0 Å². The second-order valence-corrected chi connectivity index (χ2v) is 9.68. The van der Waals surface area contributed by atoms with Crippen molar-refractivity contribution in [1.82, 2.24) is 9.29 Å². The van der Waals surface area contributed by atoms with Gasteiger partial charge in [0.1, 0.15) is 0 Å². The molecule has 2 aromatic carbocycles. The lowest BCUT2D eigenvalue weighted by atomic mass is 10.0. The van der Waals surface area contributed by atoms with Crippen LogP contribution in [0, 0.1) is 0 Å². The first-order valence-corrected chi connectivity index (χ1v) is 11.0. The Morgan fingerprint density at radius 1 is 1.07 bits per heavy atom. The molecule has 0 spiro atoms. The molecule has 1 aliphatic rings. The number of hydrogen-bond donors (Lipinski definition) is 0. The van der Waals surface area contributed by atoms with Crippen molar-refractivity contribution < 1.29 is 21.6 Å². The number of piperidine rings is 1. The molecular weight excluding hydrogens is 409 g/mol. The molecule has 3 aromatic rings. The molecule has 0 amide bonds. The molecule has 4 nitrogen and oxygen atoms in total. The summed E-state index contributed by atoms with van der Waals surface area (Å²) in [6.07, 6.45) is -3.40. The number of alkyl halides is 3. The summed E-state index contributed by atoms with van der Waals surface area (Å²) in [5.74, 6) is -0.126. The fraction of sp³-hybridized carbons (Fsp3) is 0.316. The molecule has 0 bridgehead atoms. The van der Waals surface area contributed by atoms with Crippen LogP contribution in [0.2, 0.25) is 0 Å². The first-order chi connectivity index (χ1) is 13.3. The Balaban J connectivity index is 1.66. The predicted molar refractivity (Wildman–Crippen MR) is 102 cm³/mol. The van der Waals surface area contributed by atoms with Crippen LogP contribution in [-0.4, -0.2) is 30.8 Å². The summed E-state index contributed by atoms with van der Waals surface area (Å²) in [5.41, 5.74) is -0.276. The van der Waals surface area contributed by atoms with Gasteiger partial charge in [-0.05, 0) is 37.1 Å². The molecular formula is C19H17F3N2O2S2. The van der Waals surface area contributed by atoms with Crippen LogP contribution in [0.25, 0.3) is 10.2 Å². The Kier molecular flexibility index (Phi) is 4.93. The van der Waals surface area contributed by atoms with Crippen molar-refractivity contribution in [2.75, 3.05) is 13.1 Å². The van der Waals surface area contributed by atoms with Crippen molar-refractivity contribution in [3.63, 3.8) is 0 Å². The number of rotatable bonds is 3. The maximum Gasteiger partial charge on any atom is 0.417 e. The molecule has 0 saturated carbocycles. The summed E-state index contributed by atoms with van der Waals surface area (Å²) >= 11 is 1.51. The highest BCUT2D eigenvalue weighted by molar-refractivity contribution is 7.89. The molecule has 1 fully saturated rings. The van der Waals surface area contributed by atoms with E-state index in [9.17, 15) is 21.6 Å². The average molecular weight is 426 g/mol. The van der Waals surface area contributed by atoms with Crippen molar-refractivity contribution in [2.45, 2.75) is 29.8 Å². The highest BCUT2D eigenvalue weighted by Gasteiger charge is 2.40. The van der Waals surface area contributed by atoms with Crippen molar-refractivity contribution in [3.05, 3.63) is 59.1 Å². The van der Waals surface area contributed by atoms with Crippen molar-refractivity contribution in [1.29, 1.82) is 0 Å². The molecule has 1 aromatic heterocycles. The SMILES string of the molecule is O=S(=O)(c1ccccc1C(F)(F)F)N1CCC[C@H](c2nc3ccccc3s2)C1. The van der Waals surface area contributed by atoms with E-state index < -0.39 is 26.7 Å². The number of para-hydroxylation sites is 1. The molecule has 1 saturated heterocycles. The number of benzene rings is 2. The van der Waals surface area contributed by atoms with Gasteiger partial charge >= 0.3 is 6.18 Å². The molecule has 0 N–H and O–H groups in total. The lowest BCUT2D eigenvalue weighted by Crippen LogP contribution is -2.39. The minimum Gasteiger partial charge on any atom is -0.241 e. The largest absolute Gasteiger partial charge is 0.417 e. The van der Waals surface area contributed by atoms with E-state index in [1.165, 1.54) is 23.5 Å². The van der Waals surface area contributed by atoms with Crippen LogP contribution >= 0.6 is 11.3 Å². The second-order valence-electron chi connectivity index (χ2n) is 6.72. The highest BCUT2D eigenvalue weighted by atomic mass is 32.2. The number of thiazole rings is 1. The summed E-state index contributed by atoms with van der Waals surface area (Å²) in [5, 5.41) is 0.824. The Morgan fingerprint density at radius 3 is 2.54 bits per heavy atom. The summed E-state index contributed by atoms with van der Waals surface area (Å²) in [4.78, 5) is 3.91. The van der Waals surface area contributed by atoms with Crippen LogP contribution in [0.15, 0.2) is 53.4 Å². The molecule has 28 heavy (non-hydrogen) atoms. The van der Waals surface area contributed by atoms with Crippen LogP contribution in [0.5, 0.6) is 0 Å². The molecule has 9 heteroatoms. The number of hydrogen-bond acceptors (Lipinski definition) is 4. The Hall–Kier alpha value is -1.97. The second kappa shape index (κ2) is 7.13. The number of sulfonamides is 1. The average Bonchev–Trinajstić information content (AvgIpc) is 3.12. The molecule has 1 atom stereocenters. The Morgan fingerprint density at radius 2 is 1.79 bits per heavy atom. The smallest absolute Gasteiger partial charge is 0.241 e. The molecule has 0 aliphatic carbocycles. The van der Waals surface area contributed by atoms with E-state index in [2.05, 4.69) is 4.98 Å². The minimum absolute atomic E-state index is 0.126. The Labute approximate surface area is 164 Å². The van der Waals surface area contributed by atoms with Crippen LogP contribution in [-0.2, 0) is 16.2 Å². The number of aromatic nitrogens is 1. The first-order valence-electron chi connectivity index (χ1n) is 8.78. The molecule has 148 valence electrons. The fourth-order valence-electron chi connectivity index (χ4n) is 3.49. The van der Waals surface area contributed by atoms with Gasteiger partial charge in [-0.15, -0.1) is 11.3 Å². The van der Waals surface area contributed by atoms with Gasteiger partial charge in [0.05, 0.1) is 25.7 Å². The minimum atomic E-state index is -4.73. The quantitative estimate of drug-likeness (QED) is 0.600. The van der Waals surface area contributed by atoms with Gasteiger partial charge < -0.3 is 0 Å². The third-order valence-corrected chi connectivity index (χ3v) is 7.98. The van der Waals surface area contributed by atoms with Crippen molar-refractivity contribution in [3.8, 4) is 0 Å². The lowest BCUT2D eigenvalue weighted by Gasteiger charge is -2.31. The van der Waals surface area contributed by atoms with E-state index in [-0.39, 0.29) is 19.0 Å². The number of halogens is 3. The van der Waals surface area contributed by atoms with Gasteiger partial charge in [-0.25, -0.2) is 13.4 Å². The highest BCUT2D eigenvalue weighted by Crippen LogP contribution is 2.38. The maximum absolute atomic E-state index is 13.3. The number of fused-ring (bicyclic) bond motifs is 1. The normalized spacial score (nSPS) is 19.2. The van der Waals surface area contributed by atoms with Gasteiger partial charge in [-0.2, -0.15) is 17.5 Å². The van der Waals surface area contributed by atoms with Crippen molar-refractivity contribution in [2.24, 2.45) is 0 Å². The van der Waals surface area contributed by atoms with Crippen LogP contribution in [0.4, 0.5) is 13.2 Å². The zero-order valence-corrected chi connectivity index (χ0v) is 16.3. The first kappa shape index (κ1) is 19.4. The monoisotopic (exact) mass is 426 g/mol. The standard InChI is InChI=1S/C19H17F3N2O2S2/c20-19(21,22)14-7-1-4-10-17(14)28(25,26)24-11-5-6-13(12-24)18-23-15-8-2-3-9-16(15)27-18/h1-4,7-10,13H,5-6,11-12H2/t13-/m0/s1. The van der Waals surface area contributed by atoms with Gasteiger partial charge in [0.15, 0.2) is 0 Å². The van der Waals surface area contributed by atoms with E-state index in [4.69, 9.17) is 0 Å². The van der Waals surface area contributed by atoms with E-state index >= 15 is 0 Å². The summed E-state index contributed by atoms with van der Waals surface area (Å²) in [6.45, 7) is 0.338. The molecule has 1 aliphatic heterocycles. The third kappa shape index (κ3) is 3.54. The lowest BCUT2D eigenvalue weighted by molar-refractivity contribution is -0.139. The molecule has 0 radical (unpaired) electrons. The van der Waals surface area contributed by atoms with Gasteiger partial charge in [-0.1, -0.05) is 24.3 Å². The fourth-order valence-corrected chi connectivity index (χ4v) is 6.32. The van der Waals surface area contributed by atoms with E-state index in [0.29, 0.717) is 6.42 Å². The molecule has 4 rings (SSSR count). The van der Waals surface area contributed by atoms with Crippen molar-refractivity contribution >= 4 is 31.6 Å². The summed E-state index contributed by atoms with van der Waals surface area (Å²) in [6, 6.07) is 12.0. The van der Waals surface area contributed by atoms with E-state index in [1.807, 2.05) is 24.3 Å². The molecule has 0 unspecified atom stereocenters. The van der Waals surface area contributed by atoms with E-state index in [0.717, 1.165) is 38.1 Å². The predicted octanol–water partition coefficient (Wildman–Crippen LogP) is 4.88. The summed E-state index contributed by atoms with van der Waals surface area (Å²) < 4.78 is 68.1. The maximum atomic E-state index is 13.3. The van der Waals surface area contributed by atoms with Crippen LogP contribution in [0.1, 0.15) is 29.3 Å². The molecule has 2 heterocycles. The Bertz CT molecular complexity index is 1080.